The van der Waals surface area contributed by atoms with E-state index in [9.17, 15) is 4.79 Å². The van der Waals surface area contributed by atoms with Crippen LogP contribution in [0.15, 0.2) is 36.4 Å². The quantitative estimate of drug-likeness (QED) is 0.723. The van der Waals surface area contributed by atoms with Crippen molar-refractivity contribution in [2.24, 2.45) is 0 Å². The second-order valence-electron chi connectivity index (χ2n) is 4.42. The molecule has 0 aliphatic rings. The summed E-state index contributed by atoms with van der Waals surface area (Å²) in [7, 11) is 0. The van der Waals surface area contributed by atoms with E-state index in [-0.39, 0.29) is 5.91 Å². The van der Waals surface area contributed by atoms with Crippen molar-refractivity contribution in [3.63, 3.8) is 0 Å². The minimum absolute atomic E-state index is 0.148. The largest absolute Gasteiger partial charge is 0.325 e. The lowest BCUT2D eigenvalue weighted by molar-refractivity contribution is -0.116. The van der Waals surface area contributed by atoms with E-state index < -0.39 is 0 Å². The first-order valence-electron chi connectivity index (χ1n) is 6.14. The van der Waals surface area contributed by atoms with Gasteiger partial charge in [0.2, 0.25) is 5.91 Å². The number of hydrogen-bond donors (Lipinski definition) is 1. The number of anilines is 1. The summed E-state index contributed by atoms with van der Waals surface area (Å²) in [4.78, 5) is 11.9. The molecule has 0 fully saturated rings. The third-order valence-electron chi connectivity index (χ3n) is 2.83. The van der Waals surface area contributed by atoms with E-state index >= 15 is 0 Å². The number of carbonyl (C=O) groups excluding carboxylic acids is 1. The highest BCUT2D eigenvalue weighted by atomic mass is 35.5. The van der Waals surface area contributed by atoms with Crippen molar-refractivity contribution in [1.82, 2.24) is 0 Å². The van der Waals surface area contributed by atoms with Crippen molar-refractivity contribution in [3.8, 4) is 0 Å². The summed E-state index contributed by atoms with van der Waals surface area (Å²) in [5, 5.41) is 4.67. The van der Waals surface area contributed by atoms with E-state index in [1.165, 1.54) is 0 Å². The minimum atomic E-state index is -0.148. The molecule has 110 valence electrons. The van der Waals surface area contributed by atoms with E-state index in [4.69, 9.17) is 46.4 Å². The monoisotopic (exact) mass is 361 g/mol. The molecular weight excluding hydrogens is 352 g/mol. The lowest BCUT2D eigenvalue weighted by Gasteiger charge is -2.08. The molecule has 0 unspecified atom stereocenters. The average Bonchev–Trinajstić information content (AvgIpc) is 2.44. The van der Waals surface area contributed by atoms with Crippen LogP contribution in [0.5, 0.6) is 0 Å². The van der Waals surface area contributed by atoms with Gasteiger partial charge >= 0.3 is 0 Å². The maximum atomic E-state index is 11.9. The second-order valence-corrected chi connectivity index (χ2v) is 6.08. The zero-order chi connectivity index (χ0) is 15.4. The fourth-order valence-corrected chi connectivity index (χ4v) is 2.42. The van der Waals surface area contributed by atoms with Gasteiger partial charge in [-0.25, -0.2) is 0 Å². The van der Waals surface area contributed by atoms with Gasteiger partial charge < -0.3 is 5.32 Å². The second kappa shape index (κ2) is 7.37. The van der Waals surface area contributed by atoms with Crippen LogP contribution in [-0.2, 0) is 11.2 Å². The molecule has 0 atom stereocenters. The Labute approximate surface area is 143 Å². The van der Waals surface area contributed by atoms with Gasteiger partial charge in [0.25, 0.3) is 0 Å². The molecule has 0 radical (unpaired) electrons. The molecule has 2 nitrogen and oxygen atoms in total. The first-order valence-corrected chi connectivity index (χ1v) is 7.66. The molecule has 0 aliphatic carbocycles. The molecule has 0 bridgehead atoms. The lowest BCUT2D eigenvalue weighted by atomic mass is 10.1. The number of hydrogen-bond acceptors (Lipinski definition) is 1. The normalized spacial score (nSPS) is 10.5. The lowest BCUT2D eigenvalue weighted by Crippen LogP contribution is -2.12. The van der Waals surface area contributed by atoms with E-state index in [1.807, 2.05) is 6.07 Å². The highest BCUT2D eigenvalue weighted by Gasteiger charge is 2.08. The van der Waals surface area contributed by atoms with Crippen molar-refractivity contribution in [3.05, 3.63) is 62.1 Å². The molecule has 0 heterocycles. The molecule has 21 heavy (non-hydrogen) atoms. The number of halogens is 4. The third kappa shape index (κ3) is 4.79. The number of aryl methyl sites for hydroxylation is 1. The van der Waals surface area contributed by atoms with Crippen molar-refractivity contribution in [2.75, 3.05) is 5.32 Å². The zero-order valence-corrected chi connectivity index (χ0v) is 13.8. The van der Waals surface area contributed by atoms with E-state index in [0.717, 1.165) is 5.56 Å². The Balaban J connectivity index is 1.95. The Morgan fingerprint density at radius 3 is 2.33 bits per heavy atom. The molecule has 0 spiro atoms. The van der Waals surface area contributed by atoms with Crippen LogP contribution in [0.2, 0.25) is 20.1 Å². The van der Waals surface area contributed by atoms with Gasteiger partial charge in [-0.15, -0.1) is 0 Å². The first kappa shape index (κ1) is 16.4. The van der Waals surface area contributed by atoms with E-state index in [2.05, 4.69) is 5.32 Å². The summed E-state index contributed by atoms with van der Waals surface area (Å²) in [5.41, 5.74) is 1.44. The highest BCUT2D eigenvalue weighted by Crippen LogP contribution is 2.26. The molecule has 0 aliphatic heterocycles. The number of amides is 1. The number of benzene rings is 2. The summed E-state index contributed by atoms with van der Waals surface area (Å²) in [6, 6.07) is 10.2. The fourth-order valence-electron chi connectivity index (χ4n) is 1.76. The molecule has 1 amide bonds. The molecule has 2 aromatic carbocycles. The van der Waals surface area contributed by atoms with Crippen molar-refractivity contribution in [1.29, 1.82) is 0 Å². The molecule has 2 rings (SSSR count). The predicted octanol–water partition coefficient (Wildman–Crippen LogP) is 5.87. The Bertz CT molecular complexity index is 673. The summed E-state index contributed by atoms with van der Waals surface area (Å²) < 4.78 is 0. The predicted molar refractivity (Wildman–Crippen MR) is 89.9 cm³/mol. The van der Waals surface area contributed by atoms with Crippen LogP contribution in [-0.4, -0.2) is 5.91 Å². The van der Waals surface area contributed by atoms with Gasteiger partial charge in [0.1, 0.15) is 0 Å². The topological polar surface area (TPSA) is 29.1 Å². The van der Waals surface area contributed by atoms with Gasteiger partial charge in [-0.3, -0.25) is 4.79 Å². The summed E-state index contributed by atoms with van der Waals surface area (Å²) in [6.07, 6.45) is 0.863. The Morgan fingerprint density at radius 1 is 0.905 bits per heavy atom. The minimum Gasteiger partial charge on any atom is -0.325 e. The molecular formula is C15H11Cl4NO. The summed E-state index contributed by atoms with van der Waals surface area (Å²) >= 11 is 23.6. The van der Waals surface area contributed by atoms with Gasteiger partial charge in [0.05, 0.1) is 20.8 Å². The van der Waals surface area contributed by atoms with Crippen LogP contribution in [0, 0.1) is 0 Å². The standard InChI is InChI=1S/C15H11Cl4NO/c16-10-3-5-12(18)14(8-10)20-15(21)6-2-9-1-4-11(17)13(19)7-9/h1,3-5,7-8H,2,6H2,(H,20,21). The molecule has 0 saturated carbocycles. The highest BCUT2D eigenvalue weighted by molar-refractivity contribution is 6.42. The van der Waals surface area contributed by atoms with Crippen molar-refractivity contribution < 1.29 is 4.79 Å². The van der Waals surface area contributed by atoms with Crippen LogP contribution < -0.4 is 5.32 Å². The maximum Gasteiger partial charge on any atom is 0.224 e. The maximum absolute atomic E-state index is 11.9. The van der Waals surface area contributed by atoms with Gasteiger partial charge in [0.15, 0.2) is 0 Å². The van der Waals surface area contributed by atoms with Crippen molar-refractivity contribution >= 4 is 58.0 Å². The molecule has 0 saturated heterocycles. The van der Waals surface area contributed by atoms with Crippen LogP contribution in [0.1, 0.15) is 12.0 Å². The number of carbonyl (C=O) groups is 1. The average molecular weight is 363 g/mol. The van der Waals surface area contributed by atoms with Crippen LogP contribution in [0.4, 0.5) is 5.69 Å². The number of rotatable bonds is 4. The van der Waals surface area contributed by atoms with Gasteiger partial charge in [0, 0.05) is 11.4 Å². The zero-order valence-electron chi connectivity index (χ0n) is 10.8. The summed E-state index contributed by atoms with van der Waals surface area (Å²) in [6.45, 7) is 0. The van der Waals surface area contributed by atoms with Crippen LogP contribution >= 0.6 is 46.4 Å². The molecule has 2 aromatic rings. The molecule has 1 N–H and O–H groups in total. The van der Waals surface area contributed by atoms with Crippen LogP contribution in [0.3, 0.4) is 0 Å². The smallest absolute Gasteiger partial charge is 0.224 e. The Kier molecular flexibility index (Phi) is 5.77. The molecule has 6 heteroatoms. The Hall–Kier alpha value is -0.930. The summed E-state index contributed by atoms with van der Waals surface area (Å²) in [5.74, 6) is -0.148. The first-order chi connectivity index (χ1) is 9.95. The fraction of sp³-hybridized carbons (Fsp3) is 0.133. The van der Waals surface area contributed by atoms with Gasteiger partial charge in [-0.05, 0) is 42.3 Å². The molecule has 0 aromatic heterocycles. The third-order valence-corrected chi connectivity index (χ3v) is 4.13. The van der Waals surface area contributed by atoms with Crippen molar-refractivity contribution in [2.45, 2.75) is 12.8 Å². The van der Waals surface area contributed by atoms with Gasteiger partial charge in [-0.1, -0.05) is 52.5 Å². The Morgan fingerprint density at radius 2 is 1.62 bits per heavy atom. The van der Waals surface area contributed by atoms with E-state index in [0.29, 0.717) is 38.6 Å². The SMILES string of the molecule is O=C(CCc1ccc(Cl)c(Cl)c1)Nc1cc(Cl)ccc1Cl. The van der Waals surface area contributed by atoms with Gasteiger partial charge in [-0.2, -0.15) is 0 Å². The van der Waals surface area contributed by atoms with Crippen LogP contribution in [0.25, 0.3) is 0 Å². The number of nitrogens with one attached hydrogen (secondary N) is 1. The van der Waals surface area contributed by atoms with E-state index in [1.54, 1.807) is 30.3 Å².